The molecule has 1 aromatic rings. The molecule has 3 nitrogen and oxygen atoms in total. The van der Waals surface area contributed by atoms with Gasteiger partial charge in [0.1, 0.15) is 11.7 Å². The Morgan fingerprint density at radius 3 is 2.56 bits per heavy atom. The molecule has 5 heteroatoms. The number of halogens is 2. The van der Waals surface area contributed by atoms with Crippen LogP contribution in [0.2, 0.25) is 0 Å². The summed E-state index contributed by atoms with van der Waals surface area (Å²) in [5, 5.41) is 0. The zero-order valence-corrected chi connectivity index (χ0v) is 10.4. The first-order valence-electron chi connectivity index (χ1n) is 4.55. The molecule has 0 amide bonds. The van der Waals surface area contributed by atoms with Crippen LogP contribution in [0.1, 0.15) is 17.3 Å². The van der Waals surface area contributed by atoms with Gasteiger partial charge in [-0.3, -0.25) is 9.59 Å². The molecule has 0 bridgehead atoms. The minimum atomic E-state index is -1.02. The largest absolute Gasteiger partial charge is 0.468 e. The van der Waals surface area contributed by atoms with Gasteiger partial charge in [-0.1, -0.05) is 6.07 Å². The van der Waals surface area contributed by atoms with E-state index in [1.807, 2.05) is 0 Å². The van der Waals surface area contributed by atoms with Crippen molar-refractivity contribution in [2.45, 2.75) is 6.92 Å². The highest BCUT2D eigenvalue weighted by Gasteiger charge is 2.27. The van der Waals surface area contributed by atoms with Crippen LogP contribution in [-0.4, -0.2) is 18.9 Å². The molecule has 0 aliphatic carbocycles. The van der Waals surface area contributed by atoms with Gasteiger partial charge in [0, 0.05) is 4.47 Å². The predicted octanol–water partition coefficient (Wildman–Crippen LogP) is 2.58. The quantitative estimate of drug-likeness (QED) is 0.488. The third-order valence-corrected chi connectivity index (χ3v) is 2.82. The Kier molecular flexibility index (Phi) is 4.18. The van der Waals surface area contributed by atoms with Crippen molar-refractivity contribution in [3.05, 3.63) is 34.1 Å². The van der Waals surface area contributed by atoms with Gasteiger partial charge in [-0.2, -0.15) is 0 Å². The summed E-state index contributed by atoms with van der Waals surface area (Å²) in [5.41, 5.74) is -0.125. The molecule has 0 radical (unpaired) electrons. The number of benzene rings is 1. The van der Waals surface area contributed by atoms with Crippen molar-refractivity contribution in [3.63, 3.8) is 0 Å². The highest BCUT2D eigenvalue weighted by atomic mass is 79.9. The number of esters is 1. The Bertz CT molecular complexity index is 411. The SMILES string of the molecule is COC(=O)C(C)C(=O)c1c(F)cccc1Br. The van der Waals surface area contributed by atoms with Crippen molar-refractivity contribution in [3.8, 4) is 0 Å². The molecule has 0 saturated heterocycles. The number of hydrogen-bond acceptors (Lipinski definition) is 3. The molecule has 1 unspecified atom stereocenters. The molecule has 0 heterocycles. The normalized spacial score (nSPS) is 12.0. The standard InChI is InChI=1S/C11H10BrFO3/c1-6(11(15)16-2)10(14)9-7(12)4-3-5-8(9)13/h3-6H,1-2H3. The number of ketones is 1. The average molecular weight is 289 g/mol. The van der Waals surface area contributed by atoms with E-state index in [4.69, 9.17) is 0 Å². The molecule has 1 atom stereocenters. The Balaban J connectivity index is 3.10. The molecule has 0 fully saturated rings. The molecule has 0 saturated carbocycles. The third kappa shape index (κ3) is 2.47. The van der Waals surface area contributed by atoms with Crippen LogP contribution < -0.4 is 0 Å². The minimum absolute atomic E-state index is 0.125. The van der Waals surface area contributed by atoms with Gasteiger partial charge in [-0.05, 0) is 35.0 Å². The summed E-state index contributed by atoms with van der Waals surface area (Å²) in [4.78, 5) is 23.0. The molecule has 0 N–H and O–H groups in total. The van der Waals surface area contributed by atoms with Crippen molar-refractivity contribution in [2.24, 2.45) is 5.92 Å². The van der Waals surface area contributed by atoms with E-state index in [-0.39, 0.29) is 5.56 Å². The van der Waals surface area contributed by atoms with Crippen molar-refractivity contribution in [2.75, 3.05) is 7.11 Å². The molecule has 0 aliphatic rings. The maximum absolute atomic E-state index is 13.4. The number of carbonyl (C=O) groups excluding carboxylic acids is 2. The summed E-state index contributed by atoms with van der Waals surface area (Å²) in [6.45, 7) is 1.38. The van der Waals surface area contributed by atoms with Crippen LogP contribution in [0.5, 0.6) is 0 Å². The van der Waals surface area contributed by atoms with E-state index < -0.39 is 23.5 Å². The van der Waals surface area contributed by atoms with Crippen molar-refractivity contribution < 1.29 is 18.7 Å². The smallest absolute Gasteiger partial charge is 0.316 e. The lowest BCUT2D eigenvalue weighted by atomic mass is 9.99. The van der Waals surface area contributed by atoms with E-state index in [2.05, 4.69) is 20.7 Å². The van der Waals surface area contributed by atoms with Gasteiger partial charge in [-0.25, -0.2) is 4.39 Å². The molecule has 1 rings (SSSR count). The molecular weight excluding hydrogens is 279 g/mol. The van der Waals surface area contributed by atoms with Crippen LogP contribution in [-0.2, 0) is 9.53 Å². The Hall–Kier alpha value is -1.23. The monoisotopic (exact) mass is 288 g/mol. The first-order valence-corrected chi connectivity index (χ1v) is 5.34. The van der Waals surface area contributed by atoms with Crippen LogP contribution >= 0.6 is 15.9 Å². The number of rotatable bonds is 3. The van der Waals surface area contributed by atoms with Gasteiger partial charge in [0.15, 0.2) is 5.78 Å². The van der Waals surface area contributed by atoms with E-state index in [9.17, 15) is 14.0 Å². The number of carbonyl (C=O) groups is 2. The van der Waals surface area contributed by atoms with Crippen molar-refractivity contribution >= 4 is 27.7 Å². The maximum Gasteiger partial charge on any atom is 0.316 e. The van der Waals surface area contributed by atoms with E-state index in [0.717, 1.165) is 0 Å². The van der Waals surface area contributed by atoms with E-state index >= 15 is 0 Å². The summed E-state index contributed by atoms with van der Waals surface area (Å²) in [6.07, 6.45) is 0. The van der Waals surface area contributed by atoms with Crippen LogP contribution in [0, 0.1) is 11.7 Å². The fraction of sp³-hybridized carbons (Fsp3) is 0.273. The van der Waals surface area contributed by atoms with Crippen LogP contribution in [0.4, 0.5) is 4.39 Å². The molecule has 1 aromatic carbocycles. The zero-order chi connectivity index (χ0) is 12.3. The van der Waals surface area contributed by atoms with Gasteiger partial charge >= 0.3 is 5.97 Å². The highest BCUT2D eigenvalue weighted by Crippen LogP contribution is 2.23. The Morgan fingerprint density at radius 2 is 2.06 bits per heavy atom. The zero-order valence-electron chi connectivity index (χ0n) is 8.79. The van der Waals surface area contributed by atoms with E-state index in [1.54, 1.807) is 6.07 Å². The van der Waals surface area contributed by atoms with Gasteiger partial charge in [0.25, 0.3) is 0 Å². The number of methoxy groups -OCH3 is 1. The summed E-state index contributed by atoms with van der Waals surface area (Å²) in [5.74, 6) is -2.95. The molecular formula is C11H10BrFO3. The fourth-order valence-corrected chi connectivity index (χ4v) is 1.77. The number of ether oxygens (including phenoxy) is 1. The van der Waals surface area contributed by atoms with Crippen molar-refractivity contribution in [1.29, 1.82) is 0 Å². The average Bonchev–Trinajstić information content (AvgIpc) is 2.26. The predicted molar refractivity (Wildman–Crippen MR) is 59.6 cm³/mol. The maximum atomic E-state index is 13.4. The number of hydrogen-bond donors (Lipinski definition) is 0. The van der Waals surface area contributed by atoms with Crippen LogP contribution in [0.3, 0.4) is 0 Å². The highest BCUT2D eigenvalue weighted by molar-refractivity contribution is 9.10. The fourth-order valence-electron chi connectivity index (χ4n) is 1.23. The summed E-state index contributed by atoms with van der Waals surface area (Å²) < 4.78 is 18.2. The second kappa shape index (κ2) is 5.21. The van der Waals surface area contributed by atoms with Gasteiger partial charge in [0.05, 0.1) is 12.7 Å². The Labute approximate surface area is 101 Å². The lowest BCUT2D eigenvalue weighted by molar-refractivity contribution is -0.143. The van der Waals surface area contributed by atoms with Crippen LogP contribution in [0.25, 0.3) is 0 Å². The topological polar surface area (TPSA) is 43.4 Å². The van der Waals surface area contributed by atoms with Crippen molar-refractivity contribution in [1.82, 2.24) is 0 Å². The number of Topliss-reactive ketones (excluding diaryl/α,β-unsaturated/α-hetero) is 1. The summed E-state index contributed by atoms with van der Waals surface area (Å²) in [7, 11) is 1.18. The second-order valence-electron chi connectivity index (χ2n) is 3.21. The first kappa shape index (κ1) is 12.8. The van der Waals surface area contributed by atoms with Crippen LogP contribution in [0.15, 0.2) is 22.7 Å². The summed E-state index contributed by atoms with van der Waals surface area (Å²) >= 11 is 3.07. The molecule has 0 spiro atoms. The molecule has 86 valence electrons. The lowest BCUT2D eigenvalue weighted by Gasteiger charge is -2.10. The van der Waals surface area contributed by atoms with Gasteiger partial charge in [0.2, 0.25) is 0 Å². The Morgan fingerprint density at radius 1 is 1.44 bits per heavy atom. The van der Waals surface area contributed by atoms with E-state index in [1.165, 1.54) is 26.2 Å². The van der Waals surface area contributed by atoms with E-state index in [0.29, 0.717) is 4.47 Å². The molecule has 0 aromatic heterocycles. The summed E-state index contributed by atoms with van der Waals surface area (Å²) in [6, 6.07) is 4.18. The first-order chi connectivity index (χ1) is 7.49. The van der Waals surface area contributed by atoms with Gasteiger partial charge < -0.3 is 4.74 Å². The lowest BCUT2D eigenvalue weighted by Crippen LogP contribution is -2.23. The second-order valence-corrected chi connectivity index (χ2v) is 4.06. The van der Waals surface area contributed by atoms with Gasteiger partial charge in [-0.15, -0.1) is 0 Å². The third-order valence-electron chi connectivity index (χ3n) is 2.16. The molecule has 16 heavy (non-hydrogen) atoms. The molecule has 0 aliphatic heterocycles. The minimum Gasteiger partial charge on any atom is -0.468 e.